The van der Waals surface area contributed by atoms with Gasteiger partial charge in [0, 0.05) is 31.6 Å². The largest absolute Gasteiger partial charge is 0.374 e. The molecule has 3 aromatic heterocycles. The van der Waals surface area contributed by atoms with E-state index in [9.17, 15) is 17.2 Å². The van der Waals surface area contributed by atoms with Crippen molar-refractivity contribution < 1.29 is 31.4 Å². The molecule has 15 heteroatoms. The van der Waals surface area contributed by atoms with Crippen LogP contribution in [0.4, 0.5) is 31.8 Å². The summed E-state index contributed by atoms with van der Waals surface area (Å²) in [6.45, 7) is 2.64. The van der Waals surface area contributed by atoms with E-state index in [0.717, 1.165) is 49.6 Å². The maximum Gasteiger partial charge on any atom is 0.295 e. The van der Waals surface area contributed by atoms with Crippen LogP contribution in [0.15, 0.2) is 35.2 Å². The highest BCUT2D eigenvalue weighted by Gasteiger charge is 2.30. The van der Waals surface area contributed by atoms with E-state index in [0.29, 0.717) is 56.7 Å². The molecule has 2 N–H and O–H groups in total. The van der Waals surface area contributed by atoms with Gasteiger partial charge in [-0.15, -0.1) is 0 Å². The Bertz CT molecular complexity index is 1790. The third-order valence-corrected chi connectivity index (χ3v) is 9.49. The van der Waals surface area contributed by atoms with Gasteiger partial charge in [-0.3, -0.25) is 9.25 Å². The van der Waals surface area contributed by atoms with E-state index in [1.807, 2.05) is 16.8 Å². The zero-order valence-corrected chi connectivity index (χ0v) is 25.7. The lowest BCUT2D eigenvalue weighted by molar-refractivity contribution is -0.0363. The van der Waals surface area contributed by atoms with Crippen molar-refractivity contribution in [3.05, 3.63) is 47.4 Å². The lowest BCUT2D eigenvalue weighted by atomic mass is 10.0. The summed E-state index contributed by atoms with van der Waals surface area (Å²) in [7, 11) is -3.70. The van der Waals surface area contributed by atoms with E-state index in [4.69, 9.17) is 19.2 Å². The van der Waals surface area contributed by atoms with Gasteiger partial charge < -0.3 is 24.8 Å². The van der Waals surface area contributed by atoms with Crippen molar-refractivity contribution in [1.29, 1.82) is 0 Å². The minimum absolute atomic E-state index is 0.0690. The molecule has 0 amide bonds. The first-order valence-corrected chi connectivity index (χ1v) is 17.1. The van der Waals surface area contributed by atoms with Crippen LogP contribution in [0.2, 0.25) is 0 Å². The molecule has 0 bridgehead atoms. The molecule has 1 unspecified atom stereocenters. The van der Waals surface area contributed by atoms with Gasteiger partial charge in [0.2, 0.25) is 0 Å². The number of pyridine rings is 1. The predicted octanol–water partition coefficient (Wildman–Crippen LogP) is 5.93. The van der Waals surface area contributed by atoms with Crippen LogP contribution >= 0.6 is 0 Å². The molecule has 6 heterocycles. The van der Waals surface area contributed by atoms with Crippen molar-refractivity contribution in [1.82, 2.24) is 24.3 Å². The number of hydrogen-bond acceptors (Lipinski definition) is 10. The second-order valence-corrected chi connectivity index (χ2v) is 13.6. The summed E-state index contributed by atoms with van der Waals surface area (Å²) >= 11 is 0. The van der Waals surface area contributed by atoms with Crippen molar-refractivity contribution in [2.24, 2.45) is 0 Å². The van der Waals surface area contributed by atoms with Crippen molar-refractivity contribution >= 4 is 44.0 Å². The maximum atomic E-state index is 14.5. The monoisotopic (exact) mass is 643 g/mol. The van der Waals surface area contributed by atoms with E-state index in [1.165, 1.54) is 4.57 Å². The number of rotatable bonds is 8. The van der Waals surface area contributed by atoms with E-state index in [2.05, 4.69) is 20.7 Å². The van der Waals surface area contributed by atoms with Gasteiger partial charge in [-0.05, 0) is 56.2 Å². The third kappa shape index (κ3) is 6.13. The van der Waals surface area contributed by atoms with Crippen LogP contribution in [0.5, 0.6) is 0 Å². The van der Waals surface area contributed by atoms with Gasteiger partial charge in [-0.25, -0.2) is 27.2 Å². The first kappa shape index (κ1) is 30.0. The van der Waals surface area contributed by atoms with Gasteiger partial charge in [-0.1, -0.05) is 6.07 Å². The average molecular weight is 644 g/mol. The smallest absolute Gasteiger partial charge is 0.295 e. The number of anilines is 4. The summed E-state index contributed by atoms with van der Waals surface area (Å²) in [5.74, 6) is 0.357. The highest BCUT2D eigenvalue weighted by Crippen LogP contribution is 2.39. The normalized spacial score (nSPS) is 20.8. The maximum absolute atomic E-state index is 14.5. The average Bonchev–Trinajstić information content (AvgIpc) is 3.63. The first-order chi connectivity index (χ1) is 21.7. The molecule has 240 valence electrons. The zero-order chi connectivity index (χ0) is 31.1. The number of nitrogens with one attached hydrogen (secondary N) is 2. The number of sulfone groups is 1. The molecule has 4 aromatic rings. The Hall–Kier alpha value is -3.66. The Kier molecular flexibility index (Phi) is 8.18. The number of aromatic nitrogens is 5. The fourth-order valence-corrected chi connectivity index (χ4v) is 7.06. The van der Waals surface area contributed by atoms with E-state index < -0.39 is 28.3 Å². The van der Waals surface area contributed by atoms with E-state index >= 15 is 0 Å². The molecule has 2 fully saturated rings. The van der Waals surface area contributed by atoms with Crippen LogP contribution in [0.3, 0.4) is 0 Å². The molecule has 0 radical (unpaired) electrons. The van der Waals surface area contributed by atoms with Gasteiger partial charge in [-0.2, -0.15) is 5.10 Å². The van der Waals surface area contributed by atoms with E-state index in [1.54, 1.807) is 18.2 Å². The number of imidazole rings is 1. The quantitative estimate of drug-likeness (QED) is 0.238. The van der Waals surface area contributed by atoms with Gasteiger partial charge >= 0.3 is 0 Å². The second-order valence-electron chi connectivity index (χ2n) is 11.6. The zero-order valence-electron chi connectivity index (χ0n) is 24.8. The molecule has 3 aliphatic rings. The highest BCUT2D eigenvalue weighted by molar-refractivity contribution is 7.90. The summed E-state index contributed by atoms with van der Waals surface area (Å²) in [6, 6.07) is 8.61. The summed E-state index contributed by atoms with van der Waals surface area (Å²) < 4.78 is 75.6. The van der Waals surface area contributed by atoms with Crippen molar-refractivity contribution in [3.63, 3.8) is 0 Å². The number of halogens is 2. The molecule has 0 saturated carbocycles. The summed E-state index contributed by atoms with van der Waals surface area (Å²) in [5, 5.41) is 11.0. The second kappa shape index (κ2) is 12.3. The predicted molar refractivity (Wildman–Crippen MR) is 162 cm³/mol. The molecule has 45 heavy (non-hydrogen) atoms. The summed E-state index contributed by atoms with van der Waals surface area (Å²) in [6.07, 6.45) is 2.34. The number of fused-ring (bicyclic) bond motifs is 2. The third-order valence-electron chi connectivity index (χ3n) is 8.36. The van der Waals surface area contributed by atoms with E-state index in [-0.39, 0.29) is 27.9 Å². The molecule has 3 aliphatic heterocycles. The van der Waals surface area contributed by atoms with Crippen LogP contribution in [-0.4, -0.2) is 58.8 Å². The minimum atomic E-state index is -3.70. The lowest BCUT2D eigenvalue weighted by Gasteiger charge is -2.25. The van der Waals surface area contributed by atoms with Crippen LogP contribution in [0, 0.1) is 0 Å². The molecule has 7 rings (SSSR count). The number of alkyl halides is 2. The van der Waals surface area contributed by atoms with Crippen LogP contribution in [-0.2, 0) is 37.2 Å². The fourth-order valence-electron chi connectivity index (χ4n) is 6.19. The Labute approximate surface area is 259 Å². The fraction of sp³-hybridized carbons (Fsp3) is 0.500. The molecular weight excluding hydrogens is 608 g/mol. The number of hydrogen-bond donors (Lipinski definition) is 2. The lowest BCUT2D eigenvalue weighted by Crippen LogP contribution is -2.20. The van der Waals surface area contributed by atoms with Gasteiger partial charge in [0.25, 0.3) is 6.43 Å². The van der Waals surface area contributed by atoms with Gasteiger partial charge in [0.05, 0.1) is 47.8 Å². The van der Waals surface area contributed by atoms with Crippen LogP contribution < -0.4 is 10.6 Å². The van der Waals surface area contributed by atoms with Crippen molar-refractivity contribution in [2.45, 2.75) is 75.3 Å². The Morgan fingerprint density at radius 1 is 0.933 bits per heavy atom. The van der Waals surface area contributed by atoms with Crippen molar-refractivity contribution in [3.8, 4) is 0 Å². The molecule has 2 saturated heterocycles. The topological polar surface area (TPSA) is 134 Å². The summed E-state index contributed by atoms with van der Waals surface area (Å²) in [5.41, 5.74) is 2.61. The van der Waals surface area contributed by atoms with Crippen LogP contribution in [0.25, 0.3) is 11.2 Å². The molecule has 1 aromatic carbocycles. The molecular formula is C30H35F2N7O5S. The van der Waals surface area contributed by atoms with Gasteiger partial charge in [0.1, 0.15) is 17.6 Å². The highest BCUT2D eigenvalue weighted by atomic mass is 32.2. The summed E-state index contributed by atoms with van der Waals surface area (Å²) in [4.78, 5) is 9.14. The Balaban J connectivity index is 1.35. The Morgan fingerprint density at radius 3 is 2.47 bits per heavy atom. The Morgan fingerprint density at radius 2 is 1.76 bits per heavy atom. The minimum Gasteiger partial charge on any atom is -0.374 e. The molecule has 0 aliphatic carbocycles. The number of nitrogens with zero attached hydrogens (tertiary/aromatic N) is 5. The van der Waals surface area contributed by atoms with Crippen molar-refractivity contribution in [2.75, 3.05) is 36.7 Å². The number of benzene rings is 1. The van der Waals surface area contributed by atoms with Crippen LogP contribution in [0.1, 0.15) is 74.4 Å². The number of ether oxygens (including phenoxy) is 3. The molecule has 12 nitrogen and oxygen atoms in total. The molecule has 2 atom stereocenters. The van der Waals surface area contributed by atoms with Gasteiger partial charge in [0.15, 0.2) is 27.1 Å². The standard InChI is InChI=1S/C30H35F2N7O5S/c1-45(40,41)23-14-18(22-6-2-4-11-43-22)8-9-20(23)33-21-16-24(34-25-15-19-17-42-13-10-38(19)37-25)35-29-27(21)36-30(28(31)32)39(29)26-7-3-5-12-44-26/h8-9,14-16,22,26,28H,2-7,10-13,17H2,1H3,(H2,33,34,35,37)/t22-,26?/m0/s1. The molecule has 0 spiro atoms. The SMILES string of the molecule is CS(=O)(=O)c1cc([C@@H]2CCCCO2)ccc1Nc1cc(Nc2cc3n(n2)CCOC3)nc2c1nc(C(F)F)n2C1CCCCO1. The first-order valence-electron chi connectivity index (χ1n) is 15.2.